The summed E-state index contributed by atoms with van der Waals surface area (Å²) in [6.45, 7) is 8.41. The van der Waals surface area contributed by atoms with E-state index in [2.05, 4.69) is 56.9 Å². The molecule has 3 aromatic rings. The van der Waals surface area contributed by atoms with E-state index in [0.29, 0.717) is 5.82 Å². The number of anilines is 1. The fourth-order valence-corrected chi connectivity index (χ4v) is 4.50. The van der Waals surface area contributed by atoms with Gasteiger partial charge in [-0.3, -0.25) is 0 Å². The third-order valence-electron chi connectivity index (χ3n) is 3.74. The molecule has 5 heteroatoms. The highest BCUT2D eigenvalue weighted by Crippen LogP contribution is 2.37. The van der Waals surface area contributed by atoms with Crippen molar-refractivity contribution < 1.29 is 0 Å². The Balaban J connectivity index is 1.96. The van der Waals surface area contributed by atoms with Gasteiger partial charge in [-0.15, -0.1) is 23.1 Å². The molecule has 0 radical (unpaired) electrons. The Hall–Kier alpha value is -1.59. The highest BCUT2D eigenvalue weighted by molar-refractivity contribution is 7.99. The van der Waals surface area contributed by atoms with Crippen LogP contribution in [0.3, 0.4) is 0 Å². The van der Waals surface area contributed by atoms with Crippen molar-refractivity contribution in [1.29, 1.82) is 0 Å². The highest BCUT2D eigenvalue weighted by Gasteiger charge is 2.17. The van der Waals surface area contributed by atoms with E-state index in [1.165, 1.54) is 20.9 Å². The van der Waals surface area contributed by atoms with Gasteiger partial charge in [-0.1, -0.05) is 17.7 Å². The van der Waals surface area contributed by atoms with Crippen molar-refractivity contribution in [3.63, 3.8) is 0 Å². The second-order valence-electron chi connectivity index (χ2n) is 5.51. The van der Waals surface area contributed by atoms with Gasteiger partial charge in [0.25, 0.3) is 0 Å². The fourth-order valence-electron chi connectivity index (χ4n) is 2.43. The zero-order chi connectivity index (χ0) is 15.9. The lowest BCUT2D eigenvalue weighted by Crippen LogP contribution is -2.02. The lowest BCUT2D eigenvalue weighted by atomic mass is 10.2. The van der Waals surface area contributed by atoms with E-state index in [4.69, 9.17) is 10.7 Å². The number of hydrogen-bond acceptors (Lipinski definition) is 5. The average molecular weight is 329 g/mol. The van der Waals surface area contributed by atoms with Crippen LogP contribution in [-0.4, -0.2) is 9.97 Å². The molecule has 0 aliphatic carbocycles. The molecule has 0 bridgehead atoms. The quantitative estimate of drug-likeness (QED) is 0.683. The normalized spacial score (nSPS) is 12.7. The van der Waals surface area contributed by atoms with Crippen molar-refractivity contribution in [2.75, 3.05) is 5.73 Å². The standard InChI is InChI=1S/C17H19N3S2/c1-9-6-5-7-13(8-9)21-12(4)16-19-15(18)14-10(2)11(3)22-17(14)20-16/h5-8,12H,1-4H3,(H2,18,19,20). The molecule has 22 heavy (non-hydrogen) atoms. The fraction of sp³-hybridized carbons (Fsp3) is 0.294. The molecule has 1 aromatic carbocycles. The summed E-state index contributed by atoms with van der Waals surface area (Å²) in [6, 6.07) is 8.49. The van der Waals surface area contributed by atoms with Crippen molar-refractivity contribution in [2.45, 2.75) is 37.8 Å². The topological polar surface area (TPSA) is 51.8 Å². The first-order valence-electron chi connectivity index (χ1n) is 7.22. The van der Waals surface area contributed by atoms with Gasteiger partial charge in [-0.05, 0) is 45.4 Å². The van der Waals surface area contributed by atoms with Gasteiger partial charge < -0.3 is 5.73 Å². The molecule has 0 saturated carbocycles. The van der Waals surface area contributed by atoms with Crippen molar-refractivity contribution >= 4 is 39.1 Å². The average Bonchev–Trinajstić information content (AvgIpc) is 2.74. The highest BCUT2D eigenvalue weighted by atomic mass is 32.2. The van der Waals surface area contributed by atoms with E-state index < -0.39 is 0 Å². The van der Waals surface area contributed by atoms with Crippen LogP contribution in [0.1, 0.15) is 34.0 Å². The molecule has 3 nitrogen and oxygen atoms in total. The number of aryl methyl sites for hydroxylation is 3. The van der Waals surface area contributed by atoms with Gasteiger partial charge in [0.15, 0.2) is 0 Å². The van der Waals surface area contributed by atoms with Crippen LogP contribution in [0, 0.1) is 20.8 Å². The molecule has 0 aliphatic heterocycles. The van der Waals surface area contributed by atoms with Gasteiger partial charge >= 0.3 is 0 Å². The molecule has 3 rings (SSSR count). The van der Waals surface area contributed by atoms with Gasteiger partial charge in [0.05, 0.1) is 10.6 Å². The lowest BCUT2D eigenvalue weighted by molar-refractivity contribution is 0.944. The van der Waals surface area contributed by atoms with E-state index in [-0.39, 0.29) is 5.25 Å². The Kier molecular flexibility index (Phi) is 4.10. The van der Waals surface area contributed by atoms with Crippen LogP contribution in [0.5, 0.6) is 0 Å². The maximum atomic E-state index is 6.17. The molecular formula is C17H19N3S2. The predicted octanol–water partition coefficient (Wildman–Crippen LogP) is 5.05. The van der Waals surface area contributed by atoms with Gasteiger partial charge in [0, 0.05) is 9.77 Å². The number of thioether (sulfide) groups is 1. The van der Waals surface area contributed by atoms with E-state index in [9.17, 15) is 0 Å². The number of rotatable bonds is 3. The van der Waals surface area contributed by atoms with Gasteiger partial charge in [-0.2, -0.15) is 0 Å². The summed E-state index contributed by atoms with van der Waals surface area (Å²) < 4.78 is 0. The second-order valence-corrected chi connectivity index (χ2v) is 8.12. The number of fused-ring (bicyclic) bond motifs is 1. The summed E-state index contributed by atoms with van der Waals surface area (Å²) in [7, 11) is 0. The maximum absolute atomic E-state index is 6.17. The summed E-state index contributed by atoms with van der Waals surface area (Å²) in [5.41, 5.74) is 8.63. The minimum atomic E-state index is 0.163. The van der Waals surface area contributed by atoms with Crippen LogP contribution >= 0.6 is 23.1 Å². The third kappa shape index (κ3) is 2.83. The smallest absolute Gasteiger partial charge is 0.145 e. The van der Waals surface area contributed by atoms with E-state index >= 15 is 0 Å². The van der Waals surface area contributed by atoms with Crippen molar-refractivity contribution in [3.05, 3.63) is 46.1 Å². The third-order valence-corrected chi connectivity index (χ3v) is 5.93. The van der Waals surface area contributed by atoms with E-state index in [1.807, 2.05) is 0 Å². The summed E-state index contributed by atoms with van der Waals surface area (Å²) in [5, 5.41) is 1.18. The zero-order valence-electron chi connectivity index (χ0n) is 13.2. The van der Waals surface area contributed by atoms with E-state index in [1.54, 1.807) is 23.1 Å². The predicted molar refractivity (Wildman–Crippen MR) is 96.8 cm³/mol. The van der Waals surface area contributed by atoms with Crippen LogP contribution in [0.2, 0.25) is 0 Å². The second kappa shape index (κ2) is 5.89. The minimum Gasteiger partial charge on any atom is -0.383 e. The maximum Gasteiger partial charge on any atom is 0.145 e. The molecule has 1 atom stereocenters. The molecule has 0 spiro atoms. The molecule has 2 aromatic heterocycles. The van der Waals surface area contributed by atoms with Crippen LogP contribution < -0.4 is 5.73 Å². The Bertz CT molecular complexity index is 839. The first kappa shape index (κ1) is 15.3. The molecule has 1 unspecified atom stereocenters. The Morgan fingerprint density at radius 1 is 1.18 bits per heavy atom. The van der Waals surface area contributed by atoms with Crippen LogP contribution in [0.15, 0.2) is 29.2 Å². The number of hydrogen-bond donors (Lipinski definition) is 1. The summed E-state index contributed by atoms with van der Waals surface area (Å²) in [4.78, 5) is 12.8. The van der Waals surface area contributed by atoms with Gasteiger partial charge in [0.2, 0.25) is 0 Å². The largest absolute Gasteiger partial charge is 0.383 e. The minimum absolute atomic E-state index is 0.163. The zero-order valence-corrected chi connectivity index (χ0v) is 14.8. The van der Waals surface area contributed by atoms with Crippen molar-refractivity contribution in [1.82, 2.24) is 9.97 Å². The first-order valence-corrected chi connectivity index (χ1v) is 8.91. The monoisotopic (exact) mass is 329 g/mol. The first-order chi connectivity index (χ1) is 10.5. The number of nitrogen functional groups attached to an aromatic ring is 1. The lowest BCUT2D eigenvalue weighted by Gasteiger charge is -2.11. The van der Waals surface area contributed by atoms with Crippen LogP contribution in [0.25, 0.3) is 10.2 Å². The van der Waals surface area contributed by atoms with Crippen molar-refractivity contribution in [3.8, 4) is 0 Å². The molecule has 0 amide bonds. The number of nitrogens with zero attached hydrogens (tertiary/aromatic N) is 2. The van der Waals surface area contributed by atoms with Gasteiger partial charge in [-0.25, -0.2) is 9.97 Å². The molecular weight excluding hydrogens is 310 g/mol. The molecule has 0 saturated heterocycles. The van der Waals surface area contributed by atoms with Crippen LogP contribution in [-0.2, 0) is 0 Å². The summed E-state index contributed by atoms with van der Waals surface area (Å²) in [6.07, 6.45) is 0. The molecule has 2 heterocycles. The molecule has 0 fully saturated rings. The number of benzene rings is 1. The summed E-state index contributed by atoms with van der Waals surface area (Å²) in [5.74, 6) is 1.40. The van der Waals surface area contributed by atoms with Crippen molar-refractivity contribution in [2.24, 2.45) is 0 Å². The summed E-state index contributed by atoms with van der Waals surface area (Å²) >= 11 is 3.46. The van der Waals surface area contributed by atoms with Crippen LogP contribution in [0.4, 0.5) is 5.82 Å². The van der Waals surface area contributed by atoms with E-state index in [0.717, 1.165) is 16.0 Å². The Morgan fingerprint density at radius 2 is 1.95 bits per heavy atom. The molecule has 0 aliphatic rings. The number of thiophene rings is 1. The number of nitrogens with two attached hydrogens (primary N) is 1. The Morgan fingerprint density at radius 3 is 2.68 bits per heavy atom. The number of aromatic nitrogens is 2. The SMILES string of the molecule is Cc1cccc(SC(C)c2nc(N)c3c(C)c(C)sc3n2)c1. The molecule has 114 valence electrons. The van der Waals surface area contributed by atoms with Gasteiger partial charge in [0.1, 0.15) is 16.5 Å². The Labute approximate surface area is 139 Å². The molecule has 2 N–H and O–H groups in total.